The van der Waals surface area contributed by atoms with Crippen molar-refractivity contribution in [2.75, 3.05) is 18.4 Å². The number of para-hydroxylation sites is 1. The van der Waals surface area contributed by atoms with Crippen molar-refractivity contribution in [2.24, 2.45) is 5.92 Å². The van der Waals surface area contributed by atoms with Gasteiger partial charge in [0.2, 0.25) is 5.91 Å². The zero-order valence-corrected chi connectivity index (χ0v) is 15.5. The molecule has 0 saturated carbocycles. The average molecular weight is 368 g/mol. The van der Waals surface area contributed by atoms with E-state index in [2.05, 4.69) is 5.32 Å². The molecule has 1 aliphatic heterocycles. The summed E-state index contributed by atoms with van der Waals surface area (Å²) in [4.78, 5) is 26.2. The molecule has 1 aromatic rings. The number of anilines is 1. The second kappa shape index (κ2) is 7.97. The molecular weight excluding hydrogens is 344 g/mol. The van der Waals surface area contributed by atoms with E-state index in [4.69, 9.17) is 4.74 Å². The van der Waals surface area contributed by atoms with Crippen molar-refractivity contribution >= 4 is 28.8 Å². The van der Waals surface area contributed by atoms with Crippen molar-refractivity contribution in [3.8, 4) is 0 Å². The molecule has 25 heavy (non-hydrogen) atoms. The van der Waals surface area contributed by atoms with Crippen molar-refractivity contribution in [1.82, 2.24) is 4.90 Å². The molecule has 1 fully saturated rings. The first kappa shape index (κ1) is 19.4. The van der Waals surface area contributed by atoms with Crippen LogP contribution in [0.5, 0.6) is 0 Å². The third-order valence-corrected chi connectivity index (χ3v) is 4.58. The number of likely N-dealkylation sites (tertiary alicyclic amines) is 1. The number of nitrogens with zero attached hydrogens (tertiary/aromatic N) is 1. The van der Waals surface area contributed by atoms with Crippen LogP contribution in [-0.2, 0) is 20.6 Å². The van der Waals surface area contributed by atoms with Crippen LogP contribution in [0.2, 0.25) is 0 Å². The van der Waals surface area contributed by atoms with Crippen LogP contribution in [-0.4, -0.2) is 44.4 Å². The monoisotopic (exact) mass is 368 g/mol. The number of rotatable bonds is 3. The molecule has 1 unspecified atom stereocenters. The summed E-state index contributed by atoms with van der Waals surface area (Å²) in [6, 6.07) is 6.42. The van der Waals surface area contributed by atoms with Crippen molar-refractivity contribution in [1.29, 1.82) is 0 Å². The third-order valence-electron chi connectivity index (χ3n) is 3.85. The molecule has 1 heterocycles. The molecule has 0 bridgehead atoms. The van der Waals surface area contributed by atoms with E-state index in [-0.39, 0.29) is 22.8 Å². The van der Waals surface area contributed by atoms with Gasteiger partial charge in [0.05, 0.1) is 10.6 Å². The molecule has 0 spiro atoms. The van der Waals surface area contributed by atoms with Crippen molar-refractivity contribution in [2.45, 2.75) is 44.1 Å². The number of hydrogen-bond donors (Lipinski definition) is 2. The Balaban J connectivity index is 1.92. The van der Waals surface area contributed by atoms with E-state index in [1.165, 1.54) is 6.07 Å². The van der Waals surface area contributed by atoms with Gasteiger partial charge >= 0.3 is 6.09 Å². The lowest BCUT2D eigenvalue weighted by Crippen LogP contribution is -2.43. The number of ether oxygens (including phenoxy) is 1. The van der Waals surface area contributed by atoms with Gasteiger partial charge in [-0.05, 0) is 45.7 Å². The largest absolute Gasteiger partial charge is 0.444 e. The number of amides is 2. The van der Waals surface area contributed by atoms with Crippen LogP contribution in [0.15, 0.2) is 29.2 Å². The van der Waals surface area contributed by atoms with Gasteiger partial charge in [0, 0.05) is 19.0 Å². The van der Waals surface area contributed by atoms with Crippen LogP contribution >= 0.6 is 0 Å². The van der Waals surface area contributed by atoms with Crippen LogP contribution in [0, 0.1) is 5.92 Å². The van der Waals surface area contributed by atoms with Gasteiger partial charge in [0.1, 0.15) is 5.60 Å². The Morgan fingerprint density at radius 1 is 1.24 bits per heavy atom. The van der Waals surface area contributed by atoms with Crippen molar-refractivity contribution in [3.63, 3.8) is 0 Å². The maximum Gasteiger partial charge on any atom is 0.410 e. The number of carbonyl (C=O) groups is 2. The number of nitrogens with one attached hydrogen (secondary N) is 1. The van der Waals surface area contributed by atoms with Crippen LogP contribution in [0.3, 0.4) is 0 Å². The molecule has 2 N–H and O–H groups in total. The molecule has 138 valence electrons. The molecule has 1 aliphatic rings. The number of piperidine rings is 1. The molecular formula is C17H24N2O5S. The van der Waals surface area contributed by atoms with E-state index in [1.54, 1.807) is 23.1 Å². The molecule has 8 heteroatoms. The van der Waals surface area contributed by atoms with Gasteiger partial charge in [-0.2, -0.15) is 0 Å². The zero-order valence-electron chi connectivity index (χ0n) is 14.7. The summed E-state index contributed by atoms with van der Waals surface area (Å²) in [6.07, 6.45) is 0.678. The molecule has 2 amide bonds. The number of carbonyl (C=O) groups excluding carboxylic acids is 2. The maximum absolute atomic E-state index is 12.4. The number of hydrogen-bond acceptors (Lipinski definition) is 4. The van der Waals surface area contributed by atoms with Gasteiger partial charge in [-0.25, -0.2) is 9.00 Å². The maximum atomic E-state index is 12.4. The normalized spacial score (nSPS) is 17.0. The molecule has 1 atom stereocenters. The summed E-state index contributed by atoms with van der Waals surface area (Å²) in [5.74, 6) is -0.458. The predicted octanol–water partition coefficient (Wildman–Crippen LogP) is 2.85. The van der Waals surface area contributed by atoms with Gasteiger partial charge in [0.15, 0.2) is 11.1 Å². The Morgan fingerprint density at radius 2 is 1.84 bits per heavy atom. The van der Waals surface area contributed by atoms with Gasteiger partial charge in [-0.15, -0.1) is 0 Å². The molecule has 0 aliphatic carbocycles. The minimum Gasteiger partial charge on any atom is -0.444 e. The lowest BCUT2D eigenvalue weighted by atomic mass is 9.96. The summed E-state index contributed by atoms with van der Waals surface area (Å²) in [5.41, 5.74) is -0.211. The van der Waals surface area contributed by atoms with E-state index >= 15 is 0 Å². The van der Waals surface area contributed by atoms with Crippen molar-refractivity contribution < 1.29 is 23.1 Å². The fraction of sp³-hybridized carbons (Fsp3) is 0.529. The minimum atomic E-state index is -2.17. The number of benzene rings is 1. The summed E-state index contributed by atoms with van der Waals surface area (Å²) >= 11 is -2.17. The molecule has 0 aromatic heterocycles. The third kappa shape index (κ3) is 5.54. The smallest absolute Gasteiger partial charge is 0.410 e. The minimum absolute atomic E-state index is 0.169. The summed E-state index contributed by atoms with van der Waals surface area (Å²) in [7, 11) is 0. The lowest BCUT2D eigenvalue weighted by molar-refractivity contribution is -0.121. The standard InChI is InChI=1S/C17H24N2O5S/c1-17(2,3)24-16(21)19-10-8-12(9-11-19)15(20)18-13-6-4-5-7-14(13)25(22)23/h4-7,12H,8-11H2,1-3H3,(H,18,20)(H,22,23). The Hall–Kier alpha value is -1.93. The van der Waals surface area contributed by atoms with Gasteiger partial charge in [-0.3, -0.25) is 4.79 Å². The van der Waals surface area contributed by atoms with E-state index < -0.39 is 16.7 Å². The fourth-order valence-corrected chi connectivity index (χ4v) is 3.11. The van der Waals surface area contributed by atoms with Gasteiger partial charge in [0.25, 0.3) is 0 Å². The van der Waals surface area contributed by atoms with E-state index in [9.17, 15) is 18.4 Å². The Morgan fingerprint density at radius 3 is 2.40 bits per heavy atom. The van der Waals surface area contributed by atoms with E-state index in [1.807, 2.05) is 20.8 Å². The van der Waals surface area contributed by atoms with E-state index in [0.29, 0.717) is 31.6 Å². The SMILES string of the molecule is CC(C)(C)OC(=O)N1CCC(C(=O)Nc2ccccc2S(=O)O)CC1. The van der Waals surface area contributed by atoms with Crippen LogP contribution < -0.4 is 5.32 Å². The van der Waals surface area contributed by atoms with Crippen LogP contribution in [0.4, 0.5) is 10.5 Å². The Bertz CT molecular complexity index is 663. The van der Waals surface area contributed by atoms with Crippen LogP contribution in [0.1, 0.15) is 33.6 Å². The molecule has 7 nitrogen and oxygen atoms in total. The fourth-order valence-electron chi connectivity index (χ4n) is 2.61. The topological polar surface area (TPSA) is 95.9 Å². The molecule has 1 saturated heterocycles. The summed E-state index contributed by atoms with van der Waals surface area (Å²) < 4.78 is 25.9. The molecule has 2 rings (SSSR count). The predicted molar refractivity (Wildman–Crippen MR) is 94.6 cm³/mol. The highest BCUT2D eigenvalue weighted by Crippen LogP contribution is 2.23. The highest BCUT2D eigenvalue weighted by atomic mass is 32.2. The van der Waals surface area contributed by atoms with Crippen LogP contribution in [0.25, 0.3) is 0 Å². The quantitative estimate of drug-likeness (QED) is 0.800. The second-order valence-corrected chi connectivity index (χ2v) is 7.91. The molecule has 0 radical (unpaired) electrons. The molecule has 1 aromatic carbocycles. The Labute approximate surface area is 150 Å². The highest BCUT2D eigenvalue weighted by Gasteiger charge is 2.30. The van der Waals surface area contributed by atoms with Gasteiger partial charge in [-0.1, -0.05) is 12.1 Å². The summed E-state index contributed by atoms with van der Waals surface area (Å²) in [6.45, 7) is 6.33. The Kier molecular flexibility index (Phi) is 6.18. The zero-order chi connectivity index (χ0) is 18.6. The van der Waals surface area contributed by atoms with Gasteiger partial charge < -0.3 is 19.5 Å². The average Bonchev–Trinajstić information content (AvgIpc) is 2.53. The van der Waals surface area contributed by atoms with Crippen molar-refractivity contribution in [3.05, 3.63) is 24.3 Å². The highest BCUT2D eigenvalue weighted by molar-refractivity contribution is 7.79. The lowest BCUT2D eigenvalue weighted by Gasteiger charge is -2.33. The first-order valence-corrected chi connectivity index (χ1v) is 9.27. The summed E-state index contributed by atoms with van der Waals surface area (Å²) in [5, 5.41) is 2.72. The first-order valence-electron chi connectivity index (χ1n) is 8.16. The first-order chi connectivity index (χ1) is 11.7. The van der Waals surface area contributed by atoms with E-state index in [0.717, 1.165) is 0 Å². The second-order valence-electron chi connectivity index (χ2n) is 6.98.